The van der Waals surface area contributed by atoms with Crippen molar-refractivity contribution >= 4 is 43.7 Å². The number of anilines is 1. The van der Waals surface area contributed by atoms with Gasteiger partial charge in [0.25, 0.3) is 5.91 Å². The number of fused-ring (bicyclic) bond motifs is 1. The molecule has 5 N–H and O–H groups in total. The van der Waals surface area contributed by atoms with Gasteiger partial charge in [-0.05, 0) is 38.3 Å². The van der Waals surface area contributed by atoms with Gasteiger partial charge >= 0.3 is 0 Å². The zero-order chi connectivity index (χ0) is 13.6. The van der Waals surface area contributed by atoms with Crippen LogP contribution in [0.1, 0.15) is 34.1 Å². The topological polar surface area (TPSA) is 99.6 Å². The number of imidazole rings is 1. The van der Waals surface area contributed by atoms with Crippen LogP contribution in [-0.2, 0) is 0 Å². The Morgan fingerprint density at radius 1 is 1.37 bits per heavy atom. The van der Waals surface area contributed by atoms with Crippen LogP contribution in [0.5, 0.6) is 0 Å². The van der Waals surface area contributed by atoms with E-state index in [0.29, 0.717) is 18.2 Å². The first-order chi connectivity index (χ1) is 9.08. The summed E-state index contributed by atoms with van der Waals surface area (Å²) in [5.74, 6) is 0.317. The van der Waals surface area contributed by atoms with Crippen molar-refractivity contribution < 1.29 is 4.79 Å². The van der Waals surface area contributed by atoms with E-state index in [-0.39, 0.29) is 11.8 Å². The Hall–Kier alpha value is -1.28. The Labute approximate surface area is 125 Å². The van der Waals surface area contributed by atoms with Crippen molar-refractivity contribution in [3.63, 3.8) is 0 Å². The molecule has 8 heteroatoms. The van der Waals surface area contributed by atoms with E-state index < -0.39 is 0 Å². The molecule has 0 bridgehead atoms. The summed E-state index contributed by atoms with van der Waals surface area (Å²) >= 11 is 6.92. The number of nitrogens with two attached hydrogens (primary N) is 1. The molecule has 3 rings (SSSR count). The standard InChI is InChI=1S/C11H11Br2N5O/c12-7-6-4(5-3-16-11(14)17-5)1-2-15-10(19)8(6)18-9(7)13/h3-4,18H,1-2H2,(H,15,19)(H3,14,16,17)/t4-/m0/s1. The minimum atomic E-state index is -0.101. The fourth-order valence-corrected chi connectivity index (χ4v) is 3.35. The predicted molar refractivity (Wildman–Crippen MR) is 78.0 cm³/mol. The SMILES string of the molecule is Nc1ncc([C@@H]2CCNC(=O)c3[nH]c(Br)c(Br)c32)[nH]1. The number of H-pyrrole nitrogens is 2. The van der Waals surface area contributed by atoms with E-state index in [0.717, 1.165) is 26.8 Å². The van der Waals surface area contributed by atoms with E-state index in [2.05, 4.69) is 52.1 Å². The minimum absolute atomic E-state index is 0.0377. The normalized spacial score (nSPS) is 18.8. The molecule has 0 spiro atoms. The lowest BCUT2D eigenvalue weighted by molar-refractivity contribution is 0.0951. The largest absolute Gasteiger partial charge is 0.369 e. The number of aromatic nitrogens is 3. The van der Waals surface area contributed by atoms with Crippen LogP contribution in [-0.4, -0.2) is 27.4 Å². The van der Waals surface area contributed by atoms with E-state index >= 15 is 0 Å². The molecule has 2 aromatic rings. The molecule has 1 atom stereocenters. The number of halogens is 2. The van der Waals surface area contributed by atoms with Crippen LogP contribution in [0.4, 0.5) is 5.95 Å². The number of rotatable bonds is 1. The quantitative estimate of drug-likeness (QED) is 0.601. The van der Waals surface area contributed by atoms with E-state index in [1.807, 2.05) is 0 Å². The average molecular weight is 389 g/mol. The Balaban J connectivity index is 2.16. The lowest BCUT2D eigenvalue weighted by atomic mass is 9.94. The Bertz CT molecular complexity index is 648. The number of carbonyl (C=O) groups is 1. The second-order valence-corrected chi connectivity index (χ2v) is 5.95. The maximum absolute atomic E-state index is 12.0. The number of hydrogen-bond acceptors (Lipinski definition) is 3. The molecular formula is C11H11Br2N5O. The lowest BCUT2D eigenvalue weighted by Crippen LogP contribution is -2.23. The summed E-state index contributed by atoms with van der Waals surface area (Å²) in [6.07, 6.45) is 2.50. The molecule has 2 aromatic heterocycles. The van der Waals surface area contributed by atoms with Gasteiger partial charge in [0.1, 0.15) is 5.69 Å². The molecule has 0 aromatic carbocycles. The highest BCUT2D eigenvalue weighted by Crippen LogP contribution is 2.40. The average Bonchev–Trinajstić information content (AvgIpc) is 2.87. The summed E-state index contributed by atoms with van der Waals surface area (Å²) in [5.41, 5.74) is 8.03. The lowest BCUT2D eigenvalue weighted by Gasteiger charge is -2.13. The van der Waals surface area contributed by atoms with Gasteiger partial charge in [0.05, 0.1) is 15.3 Å². The number of hydrogen-bond donors (Lipinski definition) is 4. The van der Waals surface area contributed by atoms with Gasteiger partial charge in [0.2, 0.25) is 0 Å². The molecule has 0 fully saturated rings. The molecule has 1 amide bonds. The van der Waals surface area contributed by atoms with Crippen LogP contribution in [0.15, 0.2) is 15.3 Å². The number of nitrogens with zero attached hydrogens (tertiary/aromatic N) is 1. The molecule has 1 aliphatic heterocycles. The zero-order valence-electron chi connectivity index (χ0n) is 9.76. The maximum atomic E-state index is 12.0. The fourth-order valence-electron chi connectivity index (χ4n) is 2.37. The van der Waals surface area contributed by atoms with Crippen molar-refractivity contribution in [3.8, 4) is 0 Å². The van der Waals surface area contributed by atoms with Gasteiger partial charge in [-0.1, -0.05) is 0 Å². The number of amides is 1. The van der Waals surface area contributed by atoms with Crippen molar-refractivity contribution in [1.29, 1.82) is 0 Å². The molecule has 0 radical (unpaired) electrons. The molecule has 1 aliphatic rings. The molecule has 0 aliphatic carbocycles. The summed E-state index contributed by atoms with van der Waals surface area (Å²) in [6, 6.07) is 0. The van der Waals surface area contributed by atoms with Crippen molar-refractivity contribution in [2.45, 2.75) is 12.3 Å². The van der Waals surface area contributed by atoms with Crippen LogP contribution < -0.4 is 11.1 Å². The first kappa shape index (κ1) is 12.7. The summed E-state index contributed by atoms with van der Waals surface area (Å²) in [6.45, 7) is 0.606. The predicted octanol–water partition coefficient (Wildman–Crippen LogP) is 2.11. The maximum Gasteiger partial charge on any atom is 0.268 e. The van der Waals surface area contributed by atoms with Gasteiger partial charge in [-0.25, -0.2) is 4.98 Å². The zero-order valence-corrected chi connectivity index (χ0v) is 12.9. The van der Waals surface area contributed by atoms with E-state index in [1.165, 1.54) is 0 Å². The van der Waals surface area contributed by atoms with E-state index in [9.17, 15) is 4.79 Å². The van der Waals surface area contributed by atoms with Gasteiger partial charge in [0.15, 0.2) is 5.95 Å². The summed E-state index contributed by atoms with van der Waals surface area (Å²) in [7, 11) is 0. The third-order valence-electron chi connectivity index (χ3n) is 3.22. The Morgan fingerprint density at radius 3 is 2.84 bits per heavy atom. The molecule has 0 unspecified atom stereocenters. The number of nitrogens with one attached hydrogen (secondary N) is 3. The van der Waals surface area contributed by atoms with E-state index in [1.54, 1.807) is 6.20 Å². The molecule has 0 saturated carbocycles. The van der Waals surface area contributed by atoms with Gasteiger partial charge in [-0.15, -0.1) is 0 Å². The molecule has 19 heavy (non-hydrogen) atoms. The fraction of sp³-hybridized carbons (Fsp3) is 0.273. The molecule has 6 nitrogen and oxygen atoms in total. The third kappa shape index (κ3) is 2.08. The van der Waals surface area contributed by atoms with Gasteiger partial charge < -0.3 is 21.0 Å². The van der Waals surface area contributed by atoms with Crippen molar-refractivity contribution in [2.24, 2.45) is 0 Å². The monoisotopic (exact) mass is 387 g/mol. The third-order valence-corrected chi connectivity index (χ3v) is 5.17. The van der Waals surface area contributed by atoms with Crippen LogP contribution >= 0.6 is 31.9 Å². The molecule has 100 valence electrons. The highest BCUT2D eigenvalue weighted by molar-refractivity contribution is 9.13. The van der Waals surface area contributed by atoms with Gasteiger partial charge in [-0.3, -0.25) is 4.79 Å². The van der Waals surface area contributed by atoms with E-state index in [4.69, 9.17) is 5.73 Å². The summed E-state index contributed by atoms with van der Waals surface area (Å²) in [4.78, 5) is 22.1. The summed E-state index contributed by atoms with van der Waals surface area (Å²) in [5, 5.41) is 2.87. The van der Waals surface area contributed by atoms with Gasteiger partial charge in [-0.2, -0.15) is 0 Å². The first-order valence-corrected chi connectivity index (χ1v) is 7.32. The number of nitrogen functional groups attached to an aromatic ring is 1. The second kappa shape index (κ2) is 4.68. The van der Waals surface area contributed by atoms with Crippen LogP contribution in [0.2, 0.25) is 0 Å². The second-order valence-electron chi connectivity index (χ2n) is 4.36. The van der Waals surface area contributed by atoms with Crippen molar-refractivity contribution in [1.82, 2.24) is 20.3 Å². The van der Waals surface area contributed by atoms with Gasteiger partial charge in [0, 0.05) is 23.7 Å². The van der Waals surface area contributed by atoms with Crippen LogP contribution in [0.3, 0.4) is 0 Å². The van der Waals surface area contributed by atoms with Crippen LogP contribution in [0.25, 0.3) is 0 Å². The molecule has 0 saturated heterocycles. The van der Waals surface area contributed by atoms with Crippen molar-refractivity contribution in [2.75, 3.05) is 12.3 Å². The van der Waals surface area contributed by atoms with Crippen LogP contribution in [0, 0.1) is 0 Å². The molecule has 3 heterocycles. The highest BCUT2D eigenvalue weighted by Gasteiger charge is 2.30. The molecular weight excluding hydrogens is 378 g/mol. The number of carbonyl (C=O) groups excluding carboxylic acids is 1. The van der Waals surface area contributed by atoms with Crippen molar-refractivity contribution in [3.05, 3.63) is 32.2 Å². The first-order valence-electron chi connectivity index (χ1n) is 5.73. The Morgan fingerprint density at radius 2 is 2.16 bits per heavy atom. The summed E-state index contributed by atoms with van der Waals surface area (Å²) < 4.78 is 1.62. The number of aromatic amines is 2. The smallest absolute Gasteiger partial charge is 0.268 e. The minimum Gasteiger partial charge on any atom is -0.369 e. The Kier molecular flexibility index (Phi) is 3.14. The highest BCUT2D eigenvalue weighted by atomic mass is 79.9.